The Morgan fingerprint density at radius 3 is 2.73 bits per heavy atom. The van der Waals surface area contributed by atoms with Crippen LogP contribution in [0.3, 0.4) is 0 Å². The summed E-state index contributed by atoms with van der Waals surface area (Å²) in [4.78, 5) is 3.74. The highest BCUT2D eigenvalue weighted by molar-refractivity contribution is 8.08. The molecule has 2 rings (SSSR count). The smallest absolute Gasteiger partial charge is 0.149 e. The molecule has 1 aromatic heterocycles. The number of nitrogens with one attached hydrogen (secondary N) is 1. The molecule has 0 aliphatic heterocycles. The van der Waals surface area contributed by atoms with Crippen LogP contribution in [0.2, 0.25) is 0 Å². The van der Waals surface area contributed by atoms with E-state index in [4.69, 9.17) is 10.7 Å². The van der Waals surface area contributed by atoms with E-state index in [0.717, 1.165) is 10.9 Å². The van der Waals surface area contributed by atoms with Crippen molar-refractivity contribution in [2.45, 2.75) is 24.7 Å². The molecular formula is C11H12ClNOS. The molecule has 1 unspecified atom stereocenters. The van der Waals surface area contributed by atoms with Crippen molar-refractivity contribution in [1.82, 2.24) is 4.98 Å². The van der Waals surface area contributed by atoms with Gasteiger partial charge in [-0.15, -0.1) is 0 Å². The molecule has 0 aliphatic carbocycles. The minimum absolute atomic E-state index is 0.489. The van der Waals surface area contributed by atoms with Gasteiger partial charge >= 0.3 is 0 Å². The van der Waals surface area contributed by atoms with Crippen molar-refractivity contribution in [3.8, 4) is 0 Å². The van der Waals surface area contributed by atoms with Gasteiger partial charge in [0.25, 0.3) is 0 Å². The molecule has 1 heterocycles. The molecule has 0 fully saturated rings. The number of aromatic nitrogens is 1. The number of benzene rings is 1. The van der Waals surface area contributed by atoms with Gasteiger partial charge in [-0.2, -0.15) is 0 Å². The Morgan fingerprint density at radius 2 is 2.13 bits per heavy atom. The topological polar surface area (TPSA) is 32.9 Å². The van der Waals surface area contributed by atoms with Crippen molar-refractivity contribution in [1.29, 1.82) is 0 Å². The zero-order chi connectivity index (χ0) is 11.0. The number of hydrogen-bond donors (Lipinski definition) is 1. The fourth-order valence-electron chi connectivity index (χ4n) is 1.61. The molecule has 15 heavy (non-hydrogen) atoms. The minimum Gasteiger partial charge on any atom is -0.360 e. The third-order valence-electron chi connectivity index (χ3n) is 2.51. The Hall–Kier alpha value is -0.800. The zero-order valence-corrected chi connectivity index (χ0v) is 10.2. The molecule has 0 spiro atoms. The fourth-order valence-corrected chi connectivity index (χ4v) is 2.49. The summed E-state index contributed by atoms with van der Waals surface area (Å²) in [5.74, 6) is 0.489. The highest BCUT2D eigenvalue weighted by atomic mass is 35.7. The van der Waals surface area contributed by atoms with Crippen LogP contribution in [-0.2, 0) is 10.0 Å². The van der Waals surface area contributed by atoms with Gasteiger partial charge in [-0.05, 0) is 28.2 Å². The second-order valence-corrected chi connectivity index (χ2v) is 5.56. The van der Waals surface area contributed by atoms with Gasteiger partial charge in [-0.25, -0.2) is 4.21 Å². The van der Waals surface area contributed by atoms with Crippen LogP contribution in [0.4, 0.5) is 0 Å². The van der Waals surface area contributed by atoms with Crippen LogP contribution >= 0.6 is 10.7 Å². The molecule has 2 aromatic rings. The normalized spacial score (nSPS) is 13.6. The average Bonchev–Trinajstić information content (AvgIpc) is 2.59. The maximum absolute atomic E-state index is 11.2. The predicted molar refractivity (Wildman–Crippen MR) is 64.6 cm³/mol. The number of rotatable bonds is 2. The predicted octanol–water partition coefficient (Wildman–Crippen LogP) is 3.55. The van der Waals surface area contributed by atoms with Gasteiger partial charge in [0.05, 0.1) is 4.90 Å². The minimum atomic E-state index is -1.45. The summed E-state index contributed by atoms with van der Waals surface area (Å²) in [5.41, 5.74) is 2.25. The lowest BCUT2D eigenvalue weighted by molar-refractivity contribution is 0.691. The van der Waals surface area contributed by atoms with Gasteiger partial charge in [0.1, 0.15) is 10.0 Å². The summed E-state index contributed by atoms with van der Waals surface area (Å²) in [6, 6.07) is 6.10. The Kier molecular flexibility index (Phi) is 2.85. The summed E-state index contributed by atoms with van der Waals surface area (Å²) in [5, 5.41) is 0.938. The van der Waals surface area contributed by atoms with Crippen molar-refractivity contribution in [3.63, 3.8) is 0 Å². The van der Waals surface area contributed by atoms with Gasteiger partial charge in [-0.1, -0.05) is 26.0 Å². The average molecular weight is 242 g/mol. The Labute approximate surface area is 95.6 Å². The van der Waals surface area contributed by atoms with Crippen LogP contribution in [0.5, 0.6) is 0 Å². The SMILES string of the molecule is CC(C)c1ccc2c(S(=O)Cl)c[nH]c2c1. The van der Waals surface area contributed by atoms with Crippen molar-refractivity contribution < 1.29 is 4.21 Å². The van der Waals surface area contributed by atoms with E-state index >= 15 is 0 Å². The lowest BCUT2D eigenvalue weighted by Crippen LogP contribution is -1.86. The lowest BCUT2D eigenvalue weighted by Gasteiger charge is -2.04. The summed E-state index contributed by atoms with van der Waals surface area (Å²) in [7, 11) is 4.13. The molecule has 1 N–H and O–H groups in total. The third-order valence-corrected chi connectivity index (χ3v) is 3.69. The summed E-state index contributed by atoms with van der Waals surface area (Å²) >= 11 is 0. The quantitative estimate of drug-likeness (QED) is 0.802. The maximum atomic E-state index is 11.2. The van der Waals surface area contributed by atoms with Crippen LogP contribution in [0.1, 0.15) is 25.3 Å². The first kappa shape index (κ1) is 10.7. The molecule has 80 valence electrons. The van der Waals surface area contributed by atoms with Crippen molar-refractivity contribution in [3.05, 3.63) is 30.0 Å². The number of halogens is 1. The van der Waals surface area contributed by atoms with Crippen molar-refractivity contribution >= 4 is 31.6 Å². The van der Waals surface area contributed by atoms with Crippen molar-refractivity contribution in [2.75, 3.05) is 0 Å². The van der Waals surface area contributed by atoms with Crippen LogP contribution in [0.15, 0.2) is 29.3 Å². The monoisotopic (exact) mass is 241 g/mol. The van der Waals surface area contributed by atoms with Crippen LogP contribution in [-0.4, -0.2) is 9.19 Å². The molecule has 1 aromatic carbocycles. The summed E-state index contributed by atoms with van der Waals surface area (Å²) in [6.07, 6.45) is 1.71. The molecule has 1 atom stereocenters. The standard InChI is InChI=1S/C11H12ClNOS/c1-7(2)8-3-4-9-10(5-8)13-6-11(9)15(12)14/h3-7,13H,1-2H3. The molecule has 0 radical (unpaired) electrons. The molecule has 0 saturated heterocycles. The van der Waals surface area contributed by atoms with E-state index in [-0.39, 0.29) is 0 Å². The molecule has 0 amide bonds. The molecule has 0 bridgehead atoms. The maximum Gasteiger partial charge on any atom is 0.149 e. The van der Waals surface area contributed by atoms with Crippen molar-refractivity contribution in [2.24, 2.45) is 0 Å². The van der Waals surface area contributed by atoms with E-state index in [0.29, 0.717) is 10.8 Å². The van der Waals surface area contributed by atoms with Gasteiger partial charge < -0.3 is 4.98 Å². The second kappa shape index (κ2) is 3.99. The zero-order valence-electron chi connectivity index (χ0n) is 8.58. The molecular weight excluding hydrogens is 230 g/mol. The third kappa shape index (κ3) is 1.94. The molecule has 0 saturated carbocycles. The molecule has 2 nitrogen and oxygen atoms in total. The highest BCUT2D eigenvalue weighted by Crippen LogP contribution is 2.26. The molecule has 4 heteroatoms. The lowest BCUT2D eigenvalue weighted by atomic mass is 10.0. The van der Waals surface area contributed by atoms with Gasteiger partial charge in [0, 0.05) is 17.1 Å². The Morgan fingerprint density at radius 1 is 1.40 bits per heavy atom. The Balaban J connectivity index is 2.61. The van der Waals surface area contributed by atoms with Gasteiger partial charge in [-0.3, -0.25) is 0 Å². The Bertz CT molecular complexity index is 518. The van der Waals surface area contributed by atoms with E-state index < -0.39 is 10.0 Å². The first-order valence-electron chi connectivity index (χ1n) is 4.78. The second-order valence-electron chi connectivity index (χ2n) is 3.84. The number of hydrogen-bond acceptors (Lipinski definition) is 1. The van der Waals surface area contributed by atoms with Gasteiger partial charge in [0.15, 0.2) is 0 Å². The number of aromatic amines is 1. The molecule has 0 aliphatic rings. The largest absolute Gasteiger partial charge is 0.360 e. The van der Waals surface area contributed by atoms with E-state index in [1.165, 1.54) is 5.56 Å². The van der Waals surface area contributed by atoms with Crippen LogP contribution in [0.25, 0.3) is 10.9 Å². The van der Waals surface area contributed by atoms with Crippen LogP contribution < -0.4 is 0 Å². The summed E-state index contributed by atoms with van der Waals surface area (Å²) < 4.78 is 11.2. The first-order valence-corrected chi connectivity index (χ1v) is 6.76. The van der Waals surface area contributed by atoms with E-state index in [1.54, 1.807) is 6.20 Å². The summed E-state index contributed by atoms with van der Waals surface area (Å²) in [6.45, 7) is 4.29. The van der Waals surface area contributed by atoms with Gasteiger partial charge in [0.2, 0.25) is 0 Å². The number of fused-ring (bicyclic) bond motifs is 1. The van der Waals surface area contributed by atoms with Crippen LogP contribution in [0, 0.1) is 0 Å². The fraction of sp³-hybridized carbons (Fsp3) is 0.273. The number of H-pyrrole nitrogens is 1. The highest BCUT2D eigenvalue weighted by Gasteiger charge is 2.09. The van der Waals surface area contributed by atoms with E-state index in [2.05, 4.69) is 24.9 Å². The van der Waals surface area contributed by atoms with E-state index in [1.807, 2.05) is 12.1 Å². The van der Waals surface area contributed by atoms with E-state index in [9.17, 15) is 4.21 Å². The first-order chi connectivity index (χ1) is 7.09.